The SMILES string of the molecule is COC(=O)c1ccc(Cl)c2c1[C@@H]1C=CC[C@@H]1[C@H](c1cc(Br)c(OC)c(OC)c1)N2. The summed E-state index contributed by atoms with van der Waals surface area (Å²) in [6.07, 6.45) is 5.22. The van der Waals surface area contributed by atoms with Crippen molar-refractivity contribution in [2.24, 2.45) is 5.92 Å². The number of rotatable bonds is 4. The van der Waals surface area contributed by atoms with Crippen molar-refractivity contribution in [1.29, 1.82) is 0 Å². The van der Waals surface area contributed by atoms with Gasteiger partial charge in [0.25, 0.3) is 0 Å². The lowest BCUT2D eigenvalue weighted by Gasteiger charge is -2.39. The first-order valence-electron chi connectivity index (χ1n) is 9.25. The van der Waals surface area contributed by atoms with Crippen molar-refractivity contribution in [3.8, 4) is 11.5 Å². The molecule has 1 heterocycles. The van der Waals surface area contributed by atoms with E-state index in [4.69, 9.17) is 25.8 Å². The third-order valence-corrected chi connectivity index (χ3v) is 6.59. The topological polar surface area (TPSA) is 56.8 Å². The molecule has 1 N–H and O–H groups in total. The molecule has 3 atom stereocenters. The monoisotopic (exact) mass is 477 g/mol. The molecule has 1 aliphatic carbocycles. The van der Waals surface area contributed by atoms with Crippen LogP contribution in [-0.2, 0) is 4.74 Å². The number of carbonyl (C=O) groups is 1. The van der Waals surface area contributed by atoms with Crippen LogP contribution in [-0.4, -0.2) is 27.3 Å². The van der Waals surface area contributed by atoms with Crippen molar-refractivity contribution < 1.29 is 19.0 Å². The van der Waals surface area contributed by atoms with Gasteiger partial charge in [0.1, 0.15) is 0 Å². The molecule has 5 nitrogen and oxygen atoms in total. The molecule has 0 spiro atoms. The van der Waals surface area contributed by atoms with Gasteiger partial charge in [0, 0.05) is 5.92 Å². The highest BCUT2D eigenvalue weighted by molar-refractivity contribution is 9.10. The van der Waals surface area contributed by atoms with Crippen LogP contribution in [0.1, 0.15) is 39.9 Å². The number of allylic oxidation sites excluding steroid dienone is 2. The zero-order chi connectivity index (χ0) is 20.7. The standard InChI is InChI=1S/C22H21BrClNO4/c1-27-17-10-11(9-15(23)21(17)28-2)19-13-6-4-5-12(13)18-14(22(26)29-3)7-8-16(24)20(18)25-19/h4-5,7-10,12-13,19,25H,6H2,1-3H3/t12-,13+,19+/m1/s1. The van der Waals surface area contributed by atoms with Gasteiger partial charge in [-0.15, -0.1) is 0 Å². The Morgan fingerprint density at radius 3 is 2.69 bits per heavy atom. The normalized spacial score (nSPS) is 21.8. The average Bonchev–Trinajstić information content (AvgIpc) is 3.22. The molecular weight excluding hydrogens is 458 g/mol. The molecular formula is C22H21BrClNO4. The summed E-state index contributed by atoms with van der Waals surface area (Å²) in [6, 6.07) is 7.49. The summed E-state index contributed by atoms with van der Waals surface area (Å²) in [7, 11) is 4.63. The van der Waals surface area contributed by atoms with E-state index in [0.29, 0.717) is 22.1 Å². The molecule has 0 unspecified atom stereocenters. The number of hydrogen-bond acceptors (Lipinski definition) is 5. The Hall–Kier alpha value is -2.18. The number of ether oxygens (including phenoxy) is 3. The van der Waals surface area contributed by atoms with Crippen LogP contribution in [0.4, 0.5) is 5.69 Å². The Labute approximate surface area is 183 Å². The first-order chi connectivity index (χ1) is 14.0. The molecule has 0 aromatic heterocycles. The van der Waals surface area contributed by atoms with Crippen LogP contribution in [0, 0.1) is 5.92 Å². The molecule has 0 saturated carbocycles. The Morgan fingerprint density at radius 2 is 2.00 bits per heavy atom. The zero-order valence-corrected chi connectivity index (χ0v) is 18.6. The van der Waals surface area contributed by atoms with Gasteiger partial charge in [-0.05, 0) is 63.7 Å². The lowest BCUT2D eigenvalue weighted by Crippen LogP contribution is -2.31. The first kappa shape index (κ1) is 20.1. The second-order valence-electron chi connectivity index (χ2n) is 7.09. The van der Waals surface area contributed by atoms with Crippen LogP contribution in [0.3, 0.4) is 0 Å². The van der Waals surface area contributed by atoms with E-state index in [1.807, 2.05) is 12.1 Å². The number of nitrogens with one attached hydrogen (secondary N) is 1. The molecule has 0 amide bonds. The van der Waals surface area contributed by atoms with Crippen LogP contribution >= 0.6 is 27.5 Å². The predicted octanol–water partition coefficient (Wildman–Crippen LogP) is 5.73. The maximum absolute atomic E-state index is 12.4. The maximum atomic E-state index is 12.4. The minimum absolute atomic E-state index is 0.0102. The highest BCUT2D eigenvalue weighted by atomic mass is 79.9. The van der Waals surface area contributed by atoms with Crippen molar-refractivity contribution in [2.45, 2.75) is 18.4 Å². The Balaban J connectivity index is 1.85. The minimum Gasteiger partial charge on any atom is -0.493 e. The van der Waals surface area contributed by atoms with Gasteiger partial charge in [0.2, 0.25) is 0 Å². The van der Waals surface area contributed by atoms with Crippen LogP contribution in [0.5, 0.6) is 11.5 Å². The third-order valence-electron chi connectivity index (χ3n) is 5.69. The number of esters is 1. The number of anilines is 1. The fourth-order valence-electron chi connectivity index (χ4n) is 4.41. The number of halogens is 2. The quantitative estimate of drug-likeness (QED) is 0.449. The number of benzene rings is 2. The summed E-state index contributed by atoms with van der Waals surface area (Å²) < 4.78 is 16.8. The van der Waals surface area contributed by atoms with E-state index in [-0.39, 0.29) is 23.8 Å². The van der Waals surface area contributed by atoms with Gasteiger partial charge in [-0.2, -0.15) is 0 Å². The Bertz CT molecular complexity index is 1010. The highest BCUT2D eigenvalue weighted by Crippen LogP contribution is 2.53. The molecule has 2 aliphatic rings. The summed E-state index contributed by atoms with van der Waals surface area (Å²) in [4.78, 5) is 12.4. The van der Waals surface area contributed by atoms with Gasteiger partial charge in [-0.1, -0.05) is 23.8 Å². The number of hydrogen-bond donors (Lipinski definition) is 1. The van der Waals surface area contributed by atoms with Gasteiger partial charge >= 0.3 is 5.97 Å². The summed E-state index contributed by atoms with van der Waals surface area (Å²) >= 11 is 10.1. The van der Waals surface area contributed by atoms with Gasteiger partial charge in [0.15, 0.2) is 11.5 Å². The zero-order valence-electron chi connectivity index (χ0n) is 16.3. The molecule has 29 heavy (non-hydrogen) atoms. The second kappa shape index (κ2) is 7.92. The summed E-state index contributed by atoms with van der Waals surface area (Å²) in [5.74, 6) is 1.25. The van der Waals surface area contributed by atoms with Gasteiger partial charge in [0.05, 0.1) is 48.1 Å². The Morgan fingerprint density at radius 1 is 1.21 bits per heavy atom. The minimum atomic E-state index is -0.355. The van der Waals surface area contributed by atoms with Gasteiger partial charge in [-0.3, -0.25) is 0 Å². The molecule has 0 radical (unpaired) electrons. The third kappa shape index (κ3) is 3.28. The summed E-state index contributed by atoms with van der Waals surface area (Å²) in [5.41, 5.74) is 3.28. The predicted molar refractivity (Wildman–Crippen MR) is 116 cm³/mol. The van der Waals surface area contributed by atoms with E-state index in [1.54, 1.807) is 26.4 Å². The molecule has 4 rings (SSSR count). The molecule has 152 valence electrons. The van der Waals surface area contributed by atoms with E-state index in [0.717, 1.165) is 27.7 Å². The van der Waals surface area contributed by atoms with Crippen molar-refractivity contribution >= 4 is 39.2 Å². The highest BCUT2D eigenvalue weighted by Gasteiger charge is 2.41. The summed E-state index contributed by atoms with van der Waals surface area (Å²) in [6.45, 7) is 0. The van der Waals surface area contributed by atoms with E-state index < -0.39 is 0 Å². The van der Waals surface area contributed by atoms with Crippen molar-refractivity contribution in [2.75, 3.05) is 26.6 Å². The largest absolute Gasteiger partial charge is 0.493 e. The molecule has 1 aliphatic heterocycles. The first-order valence-corrected chi connectivity index (χ1v) is 10.4. The fraction of sp³-hybridized carbons (Fsp3) is 0.318. The molecule has 7 heteroatoms. The van der Waals surface area contributed by atoms with E-state index >= 15 is 0 Å². The smallest absolute Gasteiger partial charge is 0.338 e. The molecule has 0 bridgehead atoms. The number of carbonyl (C=O) groups excluding carboxylic acids is 1. The van der Waals surface area contributed by atoms with E-state index in [9.17, 15) is 4.79 Å². The maximum Gasteiger partial charge on any atom is 0.338 e. The fourth-order valence-corrected chi connectivity index (χ4v) is 5.25. The molecule has 2 aromatic carbocycles. The van der Waals surface area contributed by atoms with E-state index in [1.165, 1.54) is 7.11 Å². The lowest BCUT2D eigenvalue weighted by atomic mass is 9.75. The molecule has 2 aromatic rings. The number of methoxy groups -OCH3 is 3. The van der Waals surface area contributed by atoms with Crippen molar-refractivity contribution in [3.05, 3.63) is 62.6 Å². The van der Waals surface area contributed by atoms with Crippen LogP contribution in [0.25, 0.3) is 0 Å². The van der Waals surface area contributed by atoms with Crippen LogP contribution in [0.15, 0.2) is 40.9 Å². The molecule has 0 saturated heterocycles. The molecule has 0 fully saturated rings. The van der Waals surface area contributed by atoms with Gasteiger partial charge < -0.3 is 19.5 Å². The average molecular weight is 479 g/mol. The van der Waals surface area contributed by atoms with Crippen molar-refractivity contribution in [3.63, 3.8) is 0 Å². The number of fused-ring (bicyclic) bond motifs is 3. The van der Waals surface area contributed by atoms with Crippen LogP contribution in [0.2, 0.25) is 5.02 Å². The van der Waals surface area contributed by atoms with Crippen molar-refractivity contribution in [1.82, 2.24) is 0 Å². The Kier molecular flexibility index (Phi) is 5.49. The summed E-state index contributed by atoms with van der Waals surface area (Å²) in [5, 5.41) is 4.17. The second-order valence-corrected chi connectivity index (χ2v) is 8.35. The van der Waals surface area contributed by atoms with Crippen LogP contribution < -0.4 is 14.8 Å². The van der Waals surface area contributed by atoms with E-state index in [2.05, 4.69) is 33.4 Å². The lowest BCUT2D eigenvalue weighted by molar-refractivity contribution is 0.0598. The van der Waals surface area contributed by atoms with Gasteiger partial charge in [-0.25, -0.2) is 4.79 Å².